The highest BCUT2D eigenvalue weighted by Crippen LogP contribution is 2.26. The zero-order chi connectivity index (χ0) is 18.5. The topological polar surface area (TPSA) is 95.0 Å². The molecule has 0 unspecified atom stereocenters. The maximum Gasteiger partial charge on any atom is 0.317 e. The van der Waals surface area contributed by atoms with Gasteiger partial charge in [-0.05, 0) is 31.5 Å². The molecule has 8 heteroatoms. The van der Waals surface area contributed by atoms with Gasteiger partial charge in [0.05, 0.1) is 25.3 Å². The molecule has 2 heterocycles. The van der Waals surface area contributed by atoms with Crippen LogP contribution in [0.15, 0.2) is 18.3 Å². The van der Waals surface area contributed by atoms with Crippen LogP contribution < -0.4 is 10.2 Å². The third-order valence-corrected chi connectivity index (χ3v) is 5.05. The number of hydrogen-bond acceptors (Lipinski definition) is 6. The van der Waals surface area contributed by atoms with E-state index in [9.17, 15) is 9.59 Å². The lowest BCUT2D eigenvalue weighted by atomic mass is 9.85. The molecule has 0 spiro atoms. The quantitative estimate of drug-likeness (QED) is 0.733. The van der Waals surface area contributed by atoms with Crippen molar-refractivity contribution in [2.45, 2.75) is 31.8 Å². The highest BCUT2D eigenvalue weighted by molar-refractivity contribution is 5.99. The summed E-state index contributed by atoms with van der Waals surface area (Å²) in [5, 5.41) is 12.0. The van der Waals surface area contributed by atoms with Gasteiger partial charge in [-0.15, -0.1) is 0 Å². The number of carbonyl (C=O) groups is 2. The average Bonchev–Trinajstić information content (AvgIpc) is 2.63. The van der Waals surface area contributed by atoms with E-state index in [0.29, 0.717) is 31.1 Å². The number of amides is 1. The lowest BCUT2D eigenvalue weighted by Gasteiger charge is -2.42. The predicted octanol–water partition coefficient (Wildman–Crippen LogP) is 0.586. The Morgan fingerprint density at radius 1 is 1.38 bits per heavy atom. The normalized spacial score (nSPS) is 22.8. The van der Waals surface area contributed by atoms with Crippen LogP contribution in [0.4, 0.5) is 5.82 Å². The number of ether oxygens (including phenoxy) is 1. The van der Waals surface area contributed by atoms with Crippen LogP contribution in [0.3, 0.4) is 0 Å². The van der Waals surface area contributed by atoms with Gasteiger partial charge < -0.3 is 20.1 Å². The average molecular weight is 362 g/mol. The number of aromatic nitrogens is 1. The van der Waals surface area contributed by atoms with Gasteiger partial charge in [0.2, 0.25) is 0 Å². The first-order valence-electron chi connectivity index (χ1n) is 9.13. The second-order valence-corrected chi connectivity index (χ2v) is 6.73. The third kappa shape index (κ3) is 4.31. The molecule has 0 bridgehead atoms. The fourth-order valence-electron chi connectivity index (χ4n) is 3.54. The number of likely N-dealkylation sites (N-methyl/N-ethyl adjacent to an activating group) is 1. The molecule has 0 radical (unpaired) electrons. The zero-order valence-corrected chi connectivity index (χ0v) is 15.1. The minimum absolute atomic E-state index is 0.0472. The minimum Gasteiger partial charge on any atom is -0.480 e. The molecule has 1 aliphatic heterocycles. The van der Waals surface area contributed by atoms with E-state index >= 15 is 0 Å². The second kappa shape index (κ2) is 8.46. The van der Waals surface area contributed by atoms with Crippen molar-refractivity contribution in [3.05, 3.63) is 23.9 Å². The lowest BCUT2D eigenvalue weighted by Crippen LogP contribution is -2.55. The van der Waals surface area contributed by atoms with Gasteiger partial charge in [-0.25, -0.2) is 4.98 Å². The van der Waals surface area contributed by atoms with Crippen LogP contribution in [0.25, 0.3) is 0 Å². The van der Waals surface area contributed by atoms with Crippen molar-refractivity contribution >= 4 is 17.7 Å². The van der Waals surface area contributed by atoms with Gasteiger partial charge in [0, 0.05) is 31.4 Å². The Hall–Kier alpha value is -2.19. The number of carboxylic acid groups (broad SMARTS) is 1. The molecule has 8 nitrogen and oxygen atoms in total. The molecule has 2 fully saturated rings. The first-order chi connectivity index (χ1) is 12.6. The number of hydrogen-bond donors (Lipinski definition) is 2. The molecule has 2 N–H and O–H groups in total. The van der Waals surface area contributed by atoms with Gasteiger partial charge in [0.25, 0.3) is 5.91 Å². The number of pyridine rings is 1. The van der Waals surface area contributed by atoms with Crippen molar-refractivity contribution in [1.82, 2.24) is 15.2 Å². The Morgan fingerprint density at radius 3 is 2.77 bits per heavy atom. The SMILES string of the molecule is CCN(CC(=O)O)C1CC(NC(=O)c2cccnc2N2CCOCC2)C1. The number of nitrogens with one attached hydrogen (secondary N) is 1. The maximum absolute atomic E-state index is 12.7. The highest BCUT2D eigenvalue weighted by atomic mass is 16.5. The largest absolute Gasteiger partial charge is 0.480 e. The van der Waals surface area contributed by atoms with Gasteiger partial charge >= 0.3 is 5.97 Å². The summed E-state index contributed by atoms with van der Waals surface area (Å²) in [6.45, 7) is 5.43. The Labute approximate surface area is 153 Å². The van der Waals surface area contributed by atoms with Gasteiger partial charge in [-0.3, -0.25) is 14.5 Å². The summed E-state index contributed by atoms with van der Waals surface area (Å²) in [5.74, 6) is -0.237. The van der Waals surface area contributed by atoms with E-state index in [0.717, 1.165) is 25.9 Å². The molecule has 1 aliphatic carbocycles. The van der Waals surface area contributed by atoms with E-state index in [2.05, 4.69) is 15.2 Å². The van der Waals surface area contributed by atoms with Crippen LogP contribution in [0.5, 0.6) is 0 Å². The molecule has 142 valence electrons. The number of rotatable bonds is 7. The Kier molecular flexibility index (Phi) is 6.05. The van der Waals surface area contributed by atoms with Crippen molar-refractivity contribution in [1.29, 1.82) is 0 Å². The summed E-state index contributed by atoms with van der Waals surface area (Å²) >= 11 is 0. The molecule has 1 saturated carbocycles. The van der Waals surface area contributed by atoms with E-state index < -0.39 is 5.97 Å². The first-order valence-corrected chi connectivity index (χ1v) is 9.13. The molecule has 1 aromatic heterocycles. The van der Waals surface area contributed by atoms with Crippen LogP contribution in [0.1, 0.15) is 30.1 Å². The van der Waals surface area contributed by atoms with Crippen molar-refractivity contribution in [3.63, 3.8) is 0 Å². The van der Waals surface area contributed by atoms with Crippen LogP contribution >= 0.6 is 0 Å². The molecular formula is C18H26N4O4. The number of carboxylic acids is 1. The number of aliphatic carboxylic acids is 1. The minimum atomic E-state index is -0.815. The van der Waals surface area contributed by atoms with Crippen LogP contribution in [-0.4, -0.2) is 78.3 Å². The number of nitrogens with zero attached hydrogens (tertiary/aromatic N) is 3. The Bertz CT molecular complexity index is 642. The van der Waals surface area contributed by atoms with E-state index in [4.69, 9.17) is 9.84 Å². The van der Waals surface area contributed by atoms with Crippen molar-refractivity contribution in [2.24, 2.45) is 0 Å². The molecular weight excluding hydrogens is 336 g/mol. The second-order valence-electron chi connectivity index (χ2n) is 6.73. The summed E-state index contributed by atoms with van der Waals surface area (Å²) < 4.78 is 5.37. The van der Waals surface area contributed by atoms with E-state index in [1.54, 1.807) is 18.3 Å². The number of morpholine rings is 1. The van der Waals surface area contributed by atoms with E-state index in [1.807, 2.05) is 11.8 Å². The smallest absolute Gasteiger partial charge is 0.317 e. The molecule has 26 heavy (non-hydrogen) atoms. The maximum atomic E-state index is 12.7. The van der Waals surface area contributed by atoms with Gasteiger partial charge in [-0.1, -0.05) is 6.92 Å². The number of anilines is 1. The summed E-state index contributed by atoms with van der Waals surface area (Å²) in [4.78, 5) is 32.0. The van der Waals surface area contributed by atoms with Crippen molar-refractivity contribution in [3.8, 4) is 0 Å². The monoisotopic (exact) mass is 362 g/mol. The van der Waals surface area contributed by atoms with Crippen LogP contribution in [0.2, 0.25) is 0 Å². The third-order valence-electron chi connectivity index (χ3n) is 5.05. The van der Waals surface area contributed by atoms with Crippen molar-refractivity contribution < 1.29 is 19.4 Å². The highest BCUT2D eigenvalue weighted by Gasteiger charge is 2.35. The van der Waals surface area contributed by atoms with Crippen LogP contribution in [-0.2, 0) is 9.53 Å². The summed E-state index contributed by atoms with van der Waals surface area (Å²) in [6, 6.07) is 3.86. The fraction of sp³-hybridized carbons (Fsp3) is 0.611. The van der Waals surface area contributed by atoms with Gasteiger partial charge in [0.1, 0.15) is 5.82 Å². The van der Waals surface area contributed by atoms with E-state index in [1.165, 1.54) is 0 Å². The van der Waals surface area contributed by atoms with Crippen molar-refractivity contribution in [2.75, 3.05) is 44.3 Å². The lowest BCUT2D eigenvalue weighted by molar-refractivity contribution is -0.139. The Morgan fingerprint density at radius 2 is 2.12 bits per heavy atom. The summed E-state index contributed by atoms with van der Waals surface area (Å²) in [5.41, 5.74) is 0.579. The first kappa shape index (κ1) is 18.6. The van der Waals surface area contributed by atoms with E-state index in [-0.39, 0.29) is 24.5 Å². The molecule has 1 aromatic rings. The molecule has 1 saturated heterocycles. The molecule has 3 rings (SSSR count). The standard InChI is InChI=1S/C18H26N4O4/c1-2-21(12-16(23)24)14-10-13(11-14)20-18(25)15-4-3-5-19-17(15)22-6-8-26-9-7-22/h3-5,13-14H,2,6-12H2,1H3,(H,20,25)(H,23,24). The molecule has 0 aromatic carbocycles. The summed E-state index contributed by atoms with van der Waals surface area (Å²) in [7, 11) is 0. The van der Waals surface area contributed by atoms with Crippen LogP contribution in [0, 0.1) is 0 Å². The zero-order valence-electron chi connectivity index (χ0n) is 15.1. The predicted molar refractivity (Wildman–Crippen MR) is 96.4 cm³/mol. The van der Waals surface area contributed by atoms with Gasteiger partial charge in [-0.2, -0.15) is 0 Å². The number of carbonyl (C=O) groups excluding carboxylic acids is 1. The molecule has 0 atom stereocenters. The molecule has 1 amide bonds. The summed E-state index contributed by atoms with van der Waals surface area (Å²) in [6.07, 6.45) is 3.26. The molecule has 2 aliphatic rings. The van der Waals surface area contributed by atoms with Gasteiger partial charge in [0.15, 0.2) is 0 Å². The fourth-order valence-corrected chi connectivity index (χ4v) is 3.54. The Balaban J connectivity index is 1.57.